The third-order valence-electron chi connectivity index (χ3n) is 5.90. The topological polar surface area (TPSA) is 83.9 Å². The van der Waals surface area contributed by atoms with Crippen molar-refractivity contribution in [2.24, 2.45) is 5.92 Å². The summed E-state index contributed by atoms with van der Waals surface area (Å²) in [6.07, 6.45) is 6.23. The van der Waals surface area contributed by atoms with Crippen LogP contribution >= 0.6 is 0 Å². The lowest BCUT2D eigenvalue weighted by Crippen LogP contribution is -2.34. The van der Waals surface area contributed by atoms with E-state index in [9.17, 15) is 12.8 Å². The second-order valence-electron chi connectivity index (χ2n) is 8.01. The molecule has 0 bridgehead atoms. The van der Waals surface area contributed by atoms with Gasteiger partial charge in [-0.1, -0.05) is 12.1 Å². The van der Waals surface area contributed by atoms with Crippen molar-refractivity contribution in [2.45, 2.75) is 30.8 Å². The zero-order valence-corrected chi connectivity index (χ0v) is 17.8. The predicted molar refractivity (Wildman–Crippen MR) is 115 cm³/mol. The molecule has 0 aliphatic carbocycles. The molecule has 0 amide bonds. The normalized spacial score (nSPS) is 19.9. The van der Waals surface area contributed by atoms with Crippen LogP contribution in [0.15, 0.2) is 66.0 Å². The van der Waals surface area contributed by atoms with Gasteiger partial charge in [-0.2, -0.15) is 9.40 Å². The van der Waals surface area contributed by atoms with Gasteiger partial charge < -0.3 is 4.57 Å². The van der Waals surface area contributed by atoms with Gasteiger partial charge in [0.1, 0.15) is 10.7 Å². The summed E-state index contributed by atoms with van der Waals surface area (Å²) in [4.78, 5) is 4.44. The Labute approximate surface area is 179 Å². The highest BCUT2D eigenvalue weighted by Crippen LogP contribution is 2.32. The summed E-state index contributed by atoms with van der Waals surface area (Å²) < 4.78 is 43.8. The van der Waals surface area contributed by atoms with E-state index < -0.39 is 15.8 Å². The molecular weight excluding hydrogens is 417 g/mol. The fraction of sp³-hybridized carbons (Fsp3) is 0.273. The number of H-pyrrole nitrogens is 1. The van der Waals surface area contributed by atoms with Gasteiger partial charge in [0.15, 0.2) is 0 Å². The molecule has 3 aromatic heterocycles. The van der Waals surface area contributed by atoms with Crippen LogP contribution in [0.2, 0.25) is 0 Å². The van der Waals surface area contributed by atoms with Crippen LogP contribution in [0.1, 0.15) is 13.3 Å². The Morgan fingerprint density at radius 3 is 2.81 bits per heavy atom. The Bertz CT molecular complexity index is 1330. The van der Waals surface area contributed by atoms with Crippen molar-refractivity contribution < 1.29 is 12.8 Å². The molecule has 4 aromatic rings. The van der Waals surface area contributed by atoms with E-state index in [-0.39, 0.29) is 16.9 Å². The first kappa shape index (κ1) is 19.9. The van der Waals surface area contributed by atoms with Gasteiger partial charge in [0, 0.05) is 37.1 Å². The number of nitrogens with zero attached hydrogens (tertiary/aromatic N) is 4. The largest absolute Gasteiger partial charge is 0.346 e. The minimum absolute atomic E-state index is 0.126. The summed E-state index contributed by atoms with van der Waals surface area (Å²) in [5.74, 6) is -0.588. The van der Waals surface area contributed by atoms with Crippen LogP contribution in [0.25, 0.3) is 22.3 Å². The SMILES string of the molecule is C[C@H]1C[C@H](Cn2ccc3nc(-c4cn[nH]c4)ccc32)CN1S(=O)(=O)c1ccccc1F. The Morgan fingerprint density at radius 1 is 1.19 bits per heavy atom. The average molecular weight is 440 g/mol. The van der Waals surface area contributed by atoms with Crippen LogP contribution in [0.3, 0.4) is 0 Å². The van der Waals surface area contributed by atoms with Crippen LogP contribution in [0.5, 0.6) is 0 Å². The van der Waals surface area contributed by atoms with E-state index in [1.807, 2.05) is 31.3 Å². The van der Waals surface area contributed by atoms with Gasteiger partial charge in [0.05, 0.1) is 22.9 Å². The fourth-order valence-corrected chi connectivity index (χ4v) is 6.20. The third kappa shape index (κ3) is 3.53. The molecule has 5 rings (SSSR count). The summed E-state index contributed by atoms with van der Waals surface area (Å²) in [7, 11) is -3.88. The number of sulfonamides is 1. The first-order chi connectivity index (χ1) is 14.9. The molecule has 160 valence electrons. The molecule has 0 radical (unpaired) electrons. The first-order valence-corrected chi connectivity index (χ1v) is 11.6. The van der Waals surface area contributed by atoms with Crippen LogP contribution in [-0.2, 0) is 16.6 Å². The van der Waals surface area contributed by atoms with Crippen LogP contribution in [-0.4, -0.2) is 45.1 Å². The Morgan fingerprint density at radius 2 is 2.03 bits per heavy atom. The number of hydrogen-bond acceptors (Lipinski definition) is 4. The van der Waals surface area contributed by atoms with Crippen molar-refractivity contribution in [1.29, 1.82) is 0 Å². The van der Waals surface area contributed by atoms with Crippen LogP contribution in [0.4, 0.5) is 4.39 Å². The molecule has 1 fully saturated rings. The molecule has 1 aliphatic rings. The summed E-state index contributed by atoms with van der Waals surface area (Å²) >= 11 is 0. The highest BCUT2D eigenvalue weighted by Gasteiger charge is 2.39. The minimum atomic E-state index is -3.88. The summed E-state index contributed by atoms with van der Waals surface area (Å²) in [6.45, 7) is 2.91. The molecule has 1 saturated heterocycles. The number of nitrogens with one attached hydrogen (secondary N) is 1. The fourth-order valence-electron chi connectivity index (χ4n) is 4.42. The smallest absolute Gasteiger partial charge is 0.246 e. The number of pyridine rings is 1. The van der Waals surface area contributed by atoms with E-state index in [0.29, 0.717) is 19.5 Å². The van der Waals surface area contributed by atoms with E-state index >= 15 is 0 Å². The first-order valence-electron chi connectivity index (χ1n) is 10.1. The standard InChI is InChI=1S/C22H22FN5O2S/c1-15-10-16(14-28(15)31(29,30)22-5-3-2-4-18(22)23)13-27-9-8-20-21(27)7-6-19(26-20)17-11-24-25-12-17/h2-9,11-12,15-16H,10,13-14H2,1H3,(H,24,25)/t15-,16+/m0/s1. The molecule has 7 nitrogen and oxygen atoms in total. The Balaban J connectivity index is 1.37. The van der Waals surface area contributed by atoms with Crippen LogP contribution in [0, 0.1) is 11.7 Å². The highest BCUT2D eigenvalue weighted by molar-refractivity contribution is 7.89. The van der Waals surface area contributed by atoms with Gasteiger partial charge in [0.2, 0.25) is 10.0 Å². The third-order valence-corrected chi connectivity index (χ3v) is 7.91. The molecule has 4 heterocycles. The second-order valence-corrected chi connectivity index (χ2v) is 9.87. The molecule has 0 unspecified atom stereocenters. The molecule has 31 heavy (non-hydrogen) atoms. The van der Waals surface area contributed by atoms with Crippen molar-refractivity contribution in [3.05, 3.63) is 66.9 Å². The summed E-state index contributed by atoms with van der Waals surface area (Å²) in [5.41, 5.74) is 3.64. The molecular formula is C22H22FN5O2S. The molecule has 1 aliphatic heterocycles. The highest BCUT2D eigenvalue weighted by atomic mass is 32.2. The molecule has 9 heteroatoms. The lowest BCUT2D eigenvalue weighted by molar-refractivity contribution is 0.396. The van der Waals surface area contributed by atoms with Crippen LogP contribution < -0.4 is 0 Å². The Kier molecular flexibility index (Phi) is 4.86. The van der Waals surface area contributed by atoms with E-state index in [1.165, 1.54) is 22.5 Å². The van der Waals surface area contributed by atoms with Gasteiger partial charge in [-0.25, -0.2) is 17.8 Å². The van der Waals surface area contributed by atoms with Gasteiger partial charge in [-0.05, 0) is 49.6 Å². The van der Waals surface area contributed by atoms with Crippen molar-refractivity contribution in [3.63, 3.8) is 0 Å². The number of hydrogen-bond donors (Lipinski definition) is 1. The average Bonchev–Trinajstić information content (AvgIpc) is 3.49. The number of aromatic amines is 1. The minimum Gasteiger partial charge on any atom is -0.346 e. The monoisotopic (exact) mass is 439 g/mol. The number of benzene rings is 1. The van der Waals surface area contributed by atoms with Gasteiger partial charge >= 0.3 is 0 Å². The molecule has 1 aromatic carbocycles. The van der Waals surface area contributed by atoms with Crippen molar-refractivity contribution in [3.8, 4) is 11.3 Å². The quantitative estimate of drug-likeness (QED) is 0.514. The summed E-state index contributed by atoms with van der Waals surface area (Å²) in [5, 5.41) is 6.76. The van der Waals surface area contributed by atoms with Gasteiger partial charge in [-0.3, -0.25) is 5.10 Å². The predicted octanol–water partition coefficient (Wildman–Crippen LogP) is 3.66. The number of halogens is 1. The Hall–Kier alpha value is -3.04. The maximum Gasteiger partial charge on any atom is 0.246 e. The number of aromatic nitrogens is 4. The van der Waals surface area contributed by atoms with E-state index in [0.717, 1.165) is 22.3 Å². The number of fused-ring (bicyclic) bond motifs is 1. The molecule has 2 atom stereocenters. The second kappa shape index (κ2) is 7.58. The van der Waals surface area contributed by atoms with E-state index in [4.69, 9.17) is 4.98 Å². The number of rotatable bonds is 5. The van der Waals surface area contributed by atoms with Crippen molar-refractivity contribution >= 4 is 21.1 Å². The lowest BCUT2D eigenvalue weighted by Gasteiger charge is -2.21. The van der Waals surface area contributed by atoms with Gasteiger partial charge in [-0.15, -0.1) is 0 Å². The molecule has 1 N–H and O–H groups in total. The van der Waals surface area contributed by atoms with Gasteiger partial charge in [0.25, 0.3) is 0 Å². The zero-order valence-electron chi connectivity index (χ0n) is 16.9. The van der Waals surface area contributed by atoms with E-state index in [1.54, 1.807) is 18.5 Å². The van der Waals surface area contributed by atoms with Crippen molar-refractivity contribution in [2.75, 3.05) is 6.54 Å². The zero-order chi connectivity index (χ0) is 21.6. The summed E-state index contributed by atoms with van der Waals surface area (Å²) in [6, 6.07) is 11.3. The maximum atomic E-state index is 14.2. The molecule has 0 saturated carbocycles. The molecule has 0 spiro atoms. The van der Waals surface area contributed by atoms with Crippen molar-refractivity contribution in [1.82, 2.24) is 24.1 Å². The maximum absolute atomic E-state index is 14.2. The van der Waals surface area contributed by atoms with E-state index in [2.05, 4.69) is 14.8 Å². The lowest BCUT2D eigenvalue weighted by atomic mass is 10.1.